The maximum absolute atomic E-state index is 11.8. The Bertz CT molecular complexity index is 377. The molecule has 0 saturated heterocycles. The molecule has 0 aromatic heterocycles. The van der Waals surface area contributed by atoms with Gasteiger partial charge in [0.2, 0.25) is 5.91 Å². The Morgan fingerprint density at radius 1 is 1.41 bits per heavy atom. The van der Waals surface area contributed by atoms with Crippen LogP contribution in [0.15, 0.2) is 24.3 Å². The number of carbonyl (C=O) groups excluding carboxylic acids is 1. The average molecular weight is 235 g/mol. The average Bonchev–Trinajstić information content (AvgIpc) is 2.28. The summed E-state index contributed by atoms with van der Waals surface area (Å²) in [5.41, 5.74) is 7.03. The number of amides is 1. The van der Waals surface area contributed by atoms with Crippen LogP contribution in [0.3, 0.4) is 0 Å². The fourth-order valence-electron chi connectivity index (χ4n) is 1.64. The number of anilines is 2. The zero-order chi connectivity index (χ0) is 12.8. The number of nitrogens with one attached hydrogen (secondary N) is 1. The molecule has 0 saturated carbocycles. The molecule has 1 aromatic rings. The van der Waals surface area contributed by atoms with Crippen LogP contribution in [0.25, 0.3) is 0 Å². The largest absolute Gasteiger partial charge is 0.397 e. The molecule has 0 radical (unpaired) electrons. The topological polar surface area (TPSA) is 58.4 Å². The minimum absolute atomic E-state index is 0.0292. The maximum atomic E-state index is 11.8. The molecule has 0 unspecified atom stereocenters. The normalized spacial score (nSPS) is 10.9. The van der Waals surface area contributed by atoms with Crippen molar-refractivity contribution < 1.29 is 4.79 Å². The van der Waals surface area contributed by atoms with Gasteiger partial charge in [-0.25, -0.2) is 0 Å². The lowest BCUT2D eigenvalue weighted by atomic mass is 10.2. The summed E-state index contributed by atoms with van der Waals surface area (Å²) in [6, 6.07) is 7.64. The van der Waals surface area contributed by atoms with E-state index >= 15 is 0 Å². The van der Waals surface area contributed by atoms with E-state index in [2.05, 4.69) is 24.1 Å². The second kappa shape index (κ2) is 6.25. The molecular weight excluding hydrogens is 214 g/mol. The van der Waals surface area contributed by atoms with Gasteiger partial charge >= 0.3 is 0 Å². The molecule has 1 amide bonds. The molecule has 0 aliphatic heterocycles. The van der Waals surface area contributed by atoms with E-state index in [0.29, 0.717) is 24.0 Å². The number of hydrogen-bond acceptors (Lipinski definition) is 3. The molecule has 1 rings (SSSR count). The van der Waals surface area contributed by atoms with Gasteiger partial charge in [-0.3, -0.25) is 9.69 Å². The Hall–Kier alpha value is -1.55. The molecule has 1 aromatic carbocycles. The molecule has 0 aliphatic rings. The third-order valence-electron chi connectivity index (χ3n) is 2.72. The highest BCUT2D eigenvalue weighted by Gasteiger charge is 2.12. The summed E-state index contributed by atoms with van der Waals surface area (Å²) in [5, 5.41) is 2.82. The minimum Gasteiger partial charge on any atom is -0.397 e. The predicted molar refractivity (Wildman–Crippen MR) is 71.9 cm³/mol. The van der Waals surface area contributed by atoms with Crippen molar-refractivity contribution in [3.63, 3.8) is 0 Å². The number of hydrogen-bond donors (Lipinski definition) is 2. The molecule has 0 fully saturated rings. The third-order valence-corrected chi connectivity index (χ3v) is 2.72. The monoisotopic (exact) mass is 235 g/mol. The second-order valence-corrected chi connectivity index (χ2v) is 4.29. The Morgan fingerprint density at radius 3 is 2.59 bits per heavy atom. The Balaban J connectivity index is 2.58. The lowest BCUT2D eigenvalue weighted by molar-refractivity contribution is -0.117. The first-order valence-electron chi connectivity index (χ1n) is 5.93. The van der Waals surface area contributed by atoms with Crippen LogP contribution in [0.4, 0.5) is 11.4 Å². The van der Waals surface area contributed by atoms with Gasteiger partial charge < -0.3 is 11.1 Å². The first-order valence-corrected chi connectivity index (χ1v) is 5.93. The van der Waals surface area contributed by atoms with Gasteiger partial charge in [0.1, 0.15) is 0 Å². The smallest absolute Gasteiger partial charge is 0.238 e. The first-order chi connectivity index (χ1) is 8.04. The molecule has 4 nitrogen and oxygen atoms in total. The first kappa shape index (κ1) is 13.5. The van der Waals surface area contributed by atoms with Crippen molar-refractivity contribution in [1.82, 2.24) is 4.90 Å². The zero-order valence-electron chi connectivity index (χ0n) is 10.7. The Kier molecular flexibility index (Phi) is 4.97. The van der Waals surface area contributed by atoms with Crippen molar-refractivity contribution in [2.24, 2.45) is 0 Å². The number of nitrogens with zero attached hydrogens (tertiary/aromatic N) is 1. The molecule has 4 heteroatoms. The van der Waals surface area contributed by atoms with Crippen molar-refractivity contribution >= 4 is 17.3 Å². The van der Waals surface area contributed by atoms with Gasteiger partial charge in [0.25, 0.3) is 0 Å². The van der Waals surface area contributed by atoms with Crippen molar-refractivity contribution in [3.05, 3.63) is 24.3 Å². The van der Waals surface area contributed by atoms with Crippen LogP contribution >= 0.6 is 0 Å². The molecule has 0 bridgehead atoms. The van der Waals surface area contributed by atoms with Crippen LogP contribution in [-0.2, 0) is 4.79 Å². The maximum Gasteiger partial charge on any atom is 0.238 e. The van der Waals surface area contributed by atoms with E-state index in [0.717, 1.165) is 6.54 Å². The number of nitrogens with two attached hydrogens (primary N) is 1. The highest BCUT2D eigenvalue weighted by atomic mass is 16.2. The van der Waals surface area contributed by atoms with Gasteiger partial charge in [0.05, 0.1) is 17.9 Å². The van der Waals surface area contributed by atoms with Gasteiger partial charge in [-0.05, 0) is 32.5 Å². The van der Waals surface area contributed by atoms with Gasteiger partial charge in [0, 0.05) is 6.04 Å². The van der Waals surface area contributed by atoms with E-state index in [1.54, 1.807) is 12.1 Å². The second-order valence-electron chi connectivity index (χ2n) is 4.29. The van der Waals surface area contributed by atoms with Crippen LogP contribution < -0.4 is 11.1 Å². The number of rotatable bonds is 5. The van der Waals surface area contributed by atoms with E-state index in [1.807, 2.05) is 19.1 Å². The summed E-state index contributed by atoms with van der Waals surface area (Å²) in [6.45, 7) is 7.45. The van der Waals surface area contributed by atoms with Crippen LogP contribution in [-0.4, -0.2) is 29.9 Å². The van der Waals surface area contributed by atoms with Gasteiger partial charge in [0.15, 0.2) is 0 Å². The summed E-state index contributed by atoms with van der Waals surface area (Å²) in [4.78, 5) is 13.9. The number of carbonyl (C=O) groups is 1. The summed E-state index contributed by atoms with van der Waals surface area (Å²) >= 11 is 0. The molecule has 0 atom stereocenters. The van der Waals surface area contributed by atoms with Crippen LogP contribution in [0, 0.1) is 0 Å². The van der Waals surface area contributed by atoms with E-state index in [-0.39, 0.29) is 5.91 Å². The lowest BCUT2D eigenvalue weighted by Crippen LogP contribution is -2.37. The van der Waals surface area contributed by atoms with E-state index in [1.165, 1.54) is 0 Å². The molecule has 17 heavy (non-hydrogen) atoms. The van der Waals surface area contributed by atoms with Gasteiger partial charge in [-0.15, -0.1) is 0 Å². The summed E-state index contributed by atoms with van der Waals surface area (Å²) < 4.78 is 0. The fourth-order valence-corrected chi connectivity index (χ4v) is 1.64. The van der Waals surface area contributed by atoms with Gasteiger partial charge in [-0.1, -0.05) is 19.1 Å². The molecule has 3 N–H and O–H groups in total. The molecule has 0 heterocycles. The highest BCUT2D eigenvalue weighted by Crippen LogP contribution is 2.16. The summed E-state index contributed by atoms with van der Waals surface area (Å²) in [7, 11) is 0. The van der Waals surface area contributed by atoms with Crippen molar-refractivity contribution in [1.29, 1.82) is 0 Å². The van der Waals surface area contributed by atoms with E-state index in [4.69, 9.17) is 5.73 Å². The number of nitrogen functional groups attached to an aromatic ring is 1. The van der Waals surface area contributed by atoms with Crippen molar-refractivity contribution in [2.75, 3.05) is 24.1 Å². The number of likely N-dealkylation sites (N-methyl/N-ethyl adjacent to an activating group) is 1. The van der Waals surface area contributed by atoms with Crippen molar-refractivity contribution in [2.45, 2.75) is 26.8 Å². The quantitative estimate of drug-likeness (QED) is 0.767. The Labute approximate surface area is 103 Å². The van der Waals surface area contributed by atoms with Crippen LogP contribution in [0.1, 0.15) is 20.8 Å². The number of para-hydroxylation sites is 2. The van der Waals surface area contributed by atoms with Gasteiger partial charge in [-0.2, -0.15) is 0 Å². The summed E-state index contributed by atoms with van der Waals surface area (Å²) in [5.74, 6) is -0.0292. The standard InChI is InChI=1S/C13H21N3O/c1-4-16(10(2)3)9-13(17)15-12-8-6-5-7-11(12)14/h5-8,10H,4,9,14H2,1-3H3,(H,15,17). The third kappa shape index (κ3) is 4.07. The van der Waals surface area contributed by atoms with E-state index < -0.39 is 0 Å². The van der Waals surface area contributed by atoms with E-state index in [9.17, 15) is 4.79 Å². The SMILES string of the molecule is CCN(CC(=O)Nc1ccccc1N)C(C)C. The molecule has 94 valence electrons. The predicted octanol–water partition coefficient (Wildman–Crippen LogP) is 1.94. The Morgan fingerprint density at radius 2 is 2.06 bits per heavy atom. The molecule has 0 aliphatic carbocycles. The zero-order valence-corrected chi connectivity index (χ0v) is 10.7. The van der Waals surface area contributed by atoms with Crippen LogP contribution in [0.2, 0.25) is 0 Å². The molecular formula is C13H21N3O. The minimum atomic E-state index is -0.0292. The highest BCUT2D eigenvalue weighted by molar-refractivity contribution is 5.95. The lowest BCUT2D eigenvalue weighted by Gasteiger charge is -2.24. The molecule has 0 spiro atoms. The van der Waals surface area contributed by atoms with Crippen molar-refractivity contribution in [3.8, 4) is 0 Å². The van der Waals surface area contributed by atoms with Crippen LogP contribution in [0.5, 0.6) is 0 Å². The summed E-state index contributed by atoms with van der Waals surface area (Å²) in [6.07, 6.45) is 0. The fraction of sp³-hybridized carbons (Fsp3) is 0.462. The number of benzene rings is 1.